The van der Waals surface area contributed by atoms with Crippen LogP contribution >= 0.6 is 0 Å². The molecule has 0 N–H and O–H groups in total. The minimum Gasteiger partial charge on any atom is -0.484 e. The molecule has 6 nitrogen and oxygen atoms in total. The van der Waals surface area contributed by atoms with Crippen LogP contribution in [0.15, 0.2) is 30.6 Å². The molecule has 1 atom stereocenters. The fourth-order valence-corrected chi connectivity index (χ4v) is 5.40. The van der Waals surface area contributed by atoms with Gasteiger partial charge >= 0.3 is 0 Å². The van der Waals surface area contributed by atoms with Gasteiger partial charge in [-0.3, -0.25) is 9.37 Å². The number of aromatic nitrogens is 4. The molecule has 4 aliphatic rings. The van der Waals surface area contributed by atoms with E-state index >= 15 is 0 Å². The lowest BCUT2D eigenvalue weighted by molar-refractivity contribution is -0.202. The molecule has 7 rings (SSSR count). The molecule has 7 heteroatoms. The van der Waals surface area contributed by atoms with Gasteiger partial charge in [-0.05, 0) is 61.9 Å². The van der Waals surface area contributed by atoms with Crippen molar-refractivity contribution in [2.45, 2.75) is 50.9 Å². The number of pyridine rings is 1. The van der Waals surface area contributed by atoms with Crippen LogP contribution in [0.25, 0.3) is 10.9 Å². The molecule has 0 saturated heterocycles. The predicted octanol–water partition coefficient (Wildman–Crippen LogP) is 3.89. The third kappa shape index (κ3) is 2.53. The zero-order valence-corrected chi connectivity index (χ0v) is 16.4. The van der Waals surface area contributed by atoms with E-state index in [9.17, 15) is 4.39 Å². The largest absolute Gasteiger partial charge is 0.484 e. The van der Waals surface area contributed by atoms with Gasteiger partial charge in [-0.2, -0.15) is 0 Å². The van der Waals surface area contributed by atoms with Crippen molar-refractivity contribution in [2.24, 2.45) is 5.41 Å². The van der Waals surface area contributed by atoms with Gasteiger partial charge in [-0.1, -0.05) is 5.21 Å². The highest BCUT2D eigenvalue weighted by atomic mass is 19.1. The second-order valence-corrected chi connectivity index (χ2v) is 8.98. The summed E-state index contributed by atoms with van der Waals surface area (Å²) in [6.45, 7) is 3.12. The Morgan fingerprint density at radius 2 is 2.17 bits per heavy atom. The van der Waals surface area contributed by atoms with Crippen LogP contribution in [0.3, 0.4) is 0 Å². The highest BCUT2D eigenvalue weighted by molar-refractivity contribution is 5.84. The zero-order valence-electron chi connectivity index (χ0n) is 16.4. The number of alkyl halides is 1. The second kappa shape index (κ2) is 5.98. The number of hydrogen-bond acceptors (Lipinski definition) is 5. The maximum absolute atomic E-state index is 13.1. The van der Waals surface area contributed by atoms with Crippen molar-refractivity contribution >= 4 is 10.9 Å². The quantitative estimate of drug-likeness (QED) is 0.657. The molecule has 2 bridgehead atoms. The van der Waals surface area contributed by atoms with Crippen molar-refractivity contribution in [2.75, 3.05) is 13.3 Å². The number of rotatable bonds is 5. The molecule has 1 aliphatic heterocycles. The van der Waals surface area contributed by atoms with Crippen molar-refractivity contribution in [1.29, 1.82) is 0 Å². The molecule has 3 saturated carbocycles. The van der Waals surface area contributed by atoms with Crippen LogP contribution in [-0.4, -0.2) is 33.3 Å². The van der Waals surface area contributed by atoms with Crippen molar-refractivity contribution in [3.63, 3.8) is 0 Å². The predicted molar refractivity (Wildman–Crippen MR) is 104 cm³/mol. The number of ether oxygens (including phenoxy) is 2. The SMILES string of the molecule is C[C@@H](Oc1ccc2ncc3c(c2c1)CCOC3)c1cn(C23CC(CF)(C2)C3)nn1. The molecule has 0 spiro atoms. The van der Waals surface area contributed by atoms with E-state index < -0.39 is 0 Å². The average Bonchev–Trinajstić information content (AvgIpc) is 3.16. The number of nitrogens with zero attached hydrogens (tertiary/aromatic N) is 4. The summed E-state index contributed by atoms with van der Waals surface area (Å²) in [7, 11) is 0. The molecule has 3 fully saturated rings. The van der Waals surface area contributed by atoms with E-state index in [0.717, 1.165) is 60.2 Å². The van der Waals surface area contributed by atoms with Gasteiger partial charge in [-0.25, -0.2) is 4.68 Å². The van der Waals surface area contributed by atoms with E-state index in [1.54, 1.807) is 0 Å². The first kappa shape index (κ1) is 17.3. The lowest BCUT2D eigenvalue weighted by Gasteiger charge is -2.69. The van der Waals surface area contributed by atoms with Gasteiger partial charge in [0.25, 0.3) is 0 Å². The Bertz CT molecular complexity index is 1090. The Kier molecular flexibility index (Phi) is 3.57. The first-order valence-corrected chi connectivity index (χ1v) is 10.2. The lowest BCUT2D eigenvalue weighted by Crippen LogP contribution is -2.68. The Labute approximate surface area is 168 Å². The minimum absolute atomic E-state index is 0.00713. The Balaban J connectivity index is 1.23. The van der Waals surface area contributed by atoms with Crippen molar-refractivity contribution in [1.82, 2.24) is 20.0 Å². The first-order chi connectivity index (χ1) is 14.1. The van der Waals surface area contributed by atoms with E-state index in [1.165, 1.54) is 5.56 Å². The van der Waals surface area contributed by atoms with Crippen molar-refractivity contribution < 1.29 is 13.9 Å². The smallest absolute Gasteiger partial charge is 0.141 e. The van der Waals surface area contributed by atoms with Gasteiger partial charge in [0.1, 0.15) is 17.5 Å². The summed E-state index contributed by atoms with van der Waals surface area (Å²) in [5.41, 5.74) is 4.15. The Morgan fingerprint density at radius 3 is 3.00 bits per heavy atom. The van der Waals surface area contributed by atoms with Crippen LogP contribution < -0.4 is 4.74 Å². The van der Waals surface area contributed by atoms with Crippen LogP contribution in [0.2, 0.25) is 0 Å². The normalized spacial score (nSPS) is 28.3. The molecule has 29 heavy (non-hydrogen) atoms. The molecular formula is C22H23FN4O2. The highest BCUT2D eigenvalue weighted by Gasteiger charge is 2.69. The van der Waals surface area contributed by atoms with Gasteiger partial charge in [0.2, 0.25) is 0 Å². The Morgan fingerprint density at radius 1 is 1.31 bits per heavy atom. The fraction of sp³-hybridized carbons (Fsp3) is 0.500. The summed E-state index contributed by atoms with van der Waals surface area (Å²) < 4.78 is 26.7. The van der Waals surface area contributed by atoms with Crippen molar-refractivity contribution in [3.8, 4) is 5.75 Å². The molecule has 3 aliphatic carbocycles. The number of hydrogen-bond donors (Lipinski definition) is 0. The topological polar surface area (TPSA) is 62.1 Å². The van der Waals surface area contributed by atoms with Crippen LogP contribution in [0.1, 0.15) is 49.1 Å². The molecule has 0 radical (unpaired) electrons. The number of halogens is 1. The summed E-state index contributed by atoms with van der Waals surface area (Å²) >= 11 is 0. The van der Waals surface area contributed by atoms with Crippen LogP contribution in [0, 0.1) is 5.41 Å². The second-order valence-electron chi connectivity index (χ2n) is 8.98. The first-order valence-electron chi connectivity index (χ1n) is 10.2. The van der Waals surface area contributed by atoms with Crippen LogP contribution in [0.4, 0.5) is 4.39 Å². The third-order valence-corrected chi connectivity index (χ3v) is 6.92. The summed E-state index contributed by atoms with van der Waals surface area (Å²) in [6.07, 6.45) is 7.18. The molecule has 3 heterocycles. The molecule has 0 amide bonds. The minimum atomic E-state index is -0.223. The molecule has 2 aromatic heterocycles. The maximum atomic E-state index is 13.1. The zero-order chi connectivity index (χ0) is 19.6. The summed E-state index contributed by atoms with van der Waals surface area (Å²) in [6, 6.07) is 6.02. The summed E-state index contributed by atoms with van der Waals surface area (Å²) in [5, 5.41) is 9.78. The van der Waals surface area contributed by atoms with E-state index in [2.05, 4.69) is 21.4 Å². The summed E-state index contributed by atoms with van der Waals surface area (Å²) in [4.78, 5) is 4.55. The number of benzene rings is 1. The van der Waals surface area contributed by atoms with Gasteiger partial charge in [0.15, 0.2) is 0 Å². The van der Waals surface area contributed by atoms with Gasteiger partial charge in [-0.15, -0.1) is 5.10 Å². The average molecular weight is 394 g/mol. The summed E-state index contributed by atoms with van der Waals surface area (Å²) in [5.74, 6) is 0.795. The molecule has 3 aromatic rings. The van der Waals surface area contributed by atoms with Crippen LogP contribution in [0.5, 0.6) is 5.75 Å². The monoisotopic (exact) mass is 394 g/mol. The van der Waals surface area contributed by atoms with Gasteiger partial charge < -0.3 is 9.47 Å². The maximum Gasteiger partial charge on any atom is 0.141 e. The third-order valence-electron chi connectivity index (χ3n) is 6.92. The molecule has 1 aromatic carbocycles. The van der Waals surface area contributed by atoms with E-state index in [-0.39, 0.29) is 23.7 Å². The van der Waals surface area contributed by atoms with Crippen molar-refractivity contribution in [3.05, 3.63) is 47.4 Å². The Hall–Kier alpha value is -2.54. The van der Waals surface area contributed by atoms with Gasteiger partial charge in [0, 0.05) is 17.0 Å². The van der Waals surface area contributed by atoms with Gasteiger partial charge in [0.05, 0.1) is 37.1 Å². The van der Waals surface area contributed by atoms with E-state index in [1.807, 2.05) is 36.1 Å². The molecule has 150 valence electrons. The van der Waals surface area contributed by atoms with E-state index in [0.29, 0.717) is 6.61 Å². The number of fused-ring (bicyclic) bond motifs is 3. The molecular weight excluding hydrogens is 371 g/mol. The van der Waals surface area contributed by atoms with E-state index in [4.69, 9.17) is 9.47 Å². The highest BCUT2D eigenvalue weighted by Crippen LogP contribution is 2.71. The lowest BCUT2D eigenvalue weighted by atomic mass is 9.40. The van der Waals surface area contributed by atoms with Crippen LogP contribution in [-0.2, 0) is 23.3 Å². The fourth-order valence-electron chi connectivity index (χ4n) is 5.40. The standard InChI is InChI=1S/C22H23FN4O2/c1-14(20-8-27(26-25-20)22-10-21(11-22,12-22)13-23)29-16-2-3-19-18(6-16)17-4-5-28-9-15(17)7-24-19/h2-3,6-8,14H,4-5,9-13H2,1H3/t14-,21?,22?/m1/s1. The molecule has 0 unspecified atom stereocenters.